The first-order valence-electron chi connectivity index (χ1n) is 7.54. The summed E-state index contributed by atoms with van der Waals surface area (Å²) in [5.41, 5.74) is 0.0737. The molecule has 5 heteroatoms. The van der Waals surface area contributed by atoms with Crippen molar-refractivity contribution in [3.63, 3.8) is 0 Å². The maximum atomic E-state index is 12.6. The Bertz CT molecular complexity index is 565. The lowest BCUT2D eigenvalue weighted by Crippen LogP contribution is -2.44. The molecule has 0 radical (unpaired) electrons. The van der Waals surface area contributed by atoms with Gasteiger partial charge in [0.1, 0.15) is 5.60 Å². The number of amides is 1. The van der Waals surface area contributed by atoms with Crippen LogP contribution in [0.25, 0.3) is 0 Å². The van der Waals surface area contributed by atoms with Crippen LogP contribution in [0.2, 0.25) is 5.02 Å². The highest BCUT2D eigenvalue weighted by Crippen LogP contribution is 2.23. The molecule has 1 aliphatic rings. The van der Waals surface area contributed by atoms with E-state index in [0.29, 0.717) is 23.7 Å². The van der Waals surface area contributed by atoms with Crippen LogP contribution in [0.15, 0.2) is 24.3 Å². The van der Waals surface area contributed by atoms with Crippen LogP contribution in [-0.2, 0) is 4.74 Å². The SMILES string of the molecule is CC(C)(C)OC(=O)N1CCCC(C(=O)c2cccc(Cl)c2)C1. The molecule has 1 saturated heterocycles. The van der Waals surface area contributed by atoms with E-state index in [1.165, 1.54) is 0 Å². The number of Topliss-reactive ketones (excluding diaryl/α,β-unsaturated/α-hetero) is 1. The average Bonchev–Trinajstić information content (AvgIpc) is 2.45. The number of halogens is 1. The first-order valence-corrected chi connectivity index (χ1v) is 7.92. The second-order valence-corrected chi connectivity index (χ2v) is 7.08. The van der Waals surface area contributed by atoms with Gasteiger partial charge < -0.3 is 9.64 Å². The Morgan fingerprint density at radius 1 is 1.32 bits per heavy atom. The van der Waals surface area contributed by atoms with E-state index in [9.17, 15) is 9.59 Å². The molecule has 0 bridgehead atoms. The summed E-state index contributed by atoms with van der Waals surface area (Å²) < 4.78 is 5.38. The van der Waals surface area contributed by atoms with Gasteiger partial charge in [-0.15, -0.1) is 0 Å². The molecular weight excluding hydrogens is 302 g/mol. The van der Waals surface area contributed by atoms with E-state index >= 15 is 0 Å². The van der Waals surface area contributed by atoms with Gasteiger partial charge in [-0.2, -0.15) is 0 Å². The molecule has 1 unspecified atom stereocenters. The highest BCUT2D eigenvalue weighted by molar-refractivity contribution is 6.31. The Balaban J connectivity index is 2.04. The fraction of sp³-hybridized carbons (Fsp3) is 0.529. The summed E-state index contributed by atoms with van der Waals surface area (Å²) >= 11 is 5.94. The molecule has 0 aliphatic carbocycles. The Hall–Kier alpha value is -1.55. The highest BCUT2D eigenvalue weighted by Gasteiger charge is 2.31. The molecule has 22 heavy (non-hydrogen) atoms. The maximum Gasteiger partial charge on any atom is 0.410 e. The van der Waals surface area contributed by atoms with Crippen molar-refractivity contribution in [3.05, 3.63) is 34.9 Å². The van der Waals surface area contributed by atoms with Crippen LogP contribution in [0.4, 0.5) is 4.79 Å². The number of hydrogen-bond donors (Lipinski definition) is 0. The van der Waals surface area contributed by atoms with Crippen LogP contribution in [0.3, 0.4) is 0 Å². The van der Waals surface area contributed by atoms with Gasteiger partial charge in [0.25, 0.3) is 0 Å². The summed E-state index contributed by atoms with van der Waals surface area (Å²) in [6, 6.07) is 6.95. The normalized spacial score (nSPS) is 18.9. The molecule has 1 atom stereocenters. The molecule has 1 amide bonds. The van der Waals surface area contributed by atoms with Crippen molar-refractivity contribution in [1.29, 1.82) is 0 Å². The summed E-state index contributed by atoms with van der Waals surface area (Å²) in [6.07, 6.45) is 1.23. The Labute approximate surface area is 136 Å². The minimum Gasteiger partial charge on any atom is -0.444 e. The molecule has 1 fully saturated rings. The van der Waals surface area contributed by atoms with Gasteiger partial charge in [0, 0.05) is 29.6 Å². The van der Waals surface area contributed by atoms with Crippen LogP contribution in [0, 0.1) is 5.92 Å². The van der Waals surface area contributed by atoms with Crippen molar-refractivity contribution in [1.82, 2.24) is 4.90 Å². The van der Waals surface area contributed by atoms with Gasteiger partial charge in [-0.05, 0) is 45.7 Å². The number of hydrogen-bond acceptors (Lipinski definition) is 3. The van der Waals surface area contributed by atoms with Gasteiger partial charge >= 0.3 is 6.09 Å². The minimum absolute atomic E-state index is 0.0377. The van der Waals surface area contributed by atoms with Crippen LogP contribution >= 0.6 is 11.6 Å². The largest absolute Gasteiger partial charge is 0.444 e. The van der Waals surface area contributed by atoms with E-state index in [2.05, 4.69) is 0 Å². The van der Waals surface area contributed by atoms with Crippen LogP contribution < -0.4 is 0 Å². The summed E-state index contributed by atoms with van der Waals surface area (Å²) in [5.74, 6) is -0.157. The molecule has 0 spiro atoms. The Morgan fingerprint density at radius 3 is 2.68 bits per heavy atom. The number of likely N-dealkylation sites (tertiary alicyclic amines) is 1. The van der Waals surface area contributed by atoms with Crippen molar-refractivity contribution in [2.24, 2.45) is 5.92 Å². The Morgan fingerprint density at radius 2 is 2.05 bits per heavy atom. The van der Waals surface area contributed by atoms with Gasteiger partial charge in [0.15, 0.2) is 5.78 Å². The van der Waals surface area contributed by atoms with E-state index < -0.39 is 5.60 Å². The zero-order valence-corrected chi connectivity index (χ0v) is 14.0. The molecule has 2 rings (SSSR count). The third-order valence-corrected chi connectivity index (χ3v) is 3.79. The number of ketones is 1. The summed E-state index contributed by atoms with van der Waals surface area (Å²) in [7, 11) is 0. The lowest BCUT2D eigenvalue weighted by Gasteiger charge is -2.33. The third kappa shape index (κ3) is 4.47. The lowest BCUT2D eigenvalue weighted by atomic mass is 9.90. The van der Waals surface area contributed by atoms with Crippen LogP contribution in [0.1, 0.15) is 44.0 Å². The Kier molecular flexibility index (Phi) is 5.12. The maximum absolute atomic E-state index is 12.6. The molecule has 4 nitrogen and oxygen atoms in total. The zero-order valence-electron chi connectivity index (χ0n) is 13.3. The van der Waals surface area contributed by atoms with E-state index in [4.69, 9.17) is 16.3 Å². The number of rotatable bonds is 2. The summed E-state index contributed by atoms with van der Waals surface area (Å²) in [4.78, 5) is 26.3. The van der Waals surface area contributed by atoms with Gasteiger partial charge in [0.05, 0.1) is 0 Å². The minimum atomic E-state index is -0.527. The molecule has 0 aromatic heterocycles. The fourth-order valence-electron chi connectivity index (χ4n) is 2.56. The number of carbonyl (C=O) groups is 2. The first kappa shape index (κ1) is 16.8. The third-order valence-electron chi connectivity index (χ3n) is 3.55. The lowest BCUT2D eigenvalue weighted by molar-refractivity contribution is 0.0172. The van der Waals surface area contributed by atoms with Crippen molar-refractivity contribution < 1.29 is 14.3 Å². The topological polar surface area (TPSA) is 46.6 Å². The van der Waals surface area contributed by atoms with Crippen molar-refractivity contribution >= 4 is 23.5 Å². The molecule has 1 aliphatic heterocycles. The molecule has 120 valence electrons. The van der Waals surface area contributed by atoms with E-state index in [1.807, 2.05) is 20.8 Å². The molecule has 0 saturated carbocycles. The molecule has 1 aromatic rings. The van der Waals surface area contributed by atoms with Gasteiger partial charge in [-0.3, -0.25) is 4.79 Å². The fourth-order valence-corrected chi connectivity index (χ4v) is 2.75. The predicted octanol–water partition coefficient (Wildman–Crippen LogP) is 4.17. The van der Waals surface area contributed by atoms with Crippen molar-refractivity contribution in [2.45, 2.75) is 39.2 Å². The second kappa shape index (κ2) is 6.69. The van der Waals surface area contributed by atoms with Crippen molar-refractivity contribution in [3.8, 4) is 0 Å². The van der Waals surface area contributed by atoms with Gasteiger partial charge in [-0.1, -0.05) is 23.7 Å². The van der Waals surface area contributed by atoms with Crippen LogP contribution in [0.5, 0.6) is 0 Å². The number of benzene rings is 1. The van der Waals surface area contributed by atoms with Crippen LogP contribution in [-0.4, -0.2) is 35.5 Å². The smallest absolute Gasteiger partial charge is 0.410 e. The van der Waals surface area contributed by atoms with Gasteiger partial charge in [0.2, 0.25) is 0 Å². The average molecular weight is 324 g/mol. The zero-order chi connectivity index (χ0) is 16.3. The summed E-state index contributed by atoms with van der Waals surface area (Å²) in [5, 5.41) is 0.547. The second-order valence-electron chi connectivity index (χ2n) is 6.64. The predicted molar refractivity (Wildman–Crippen MR) is 86.3 cm³/mol. The van der Waals surface area contributed by atoms with E-state index in [-0.39, 0.29) is 17.8 Å². The highest BCUT2D eigenvalue weighted by atomic mass is 35.5. The number of piperidine rings is 1. The van der Waals surface area contributed by atoms with E-state index in [1.54, 1.807) is 29.2 Å². The van der Waals surface area contributed by atoms with Gasteiger partial charge in [-0.25, -0.2) is 4.79 Å². The van der Waals surface area contributed by atoms with Crippen molar-refractivity contribution in [2.75, 3.05) is 13.1 Å². The monoisotopic (exact) mass is 323 g/mol. The number of carbonyl (C=O) groups excluding carboxylic acids is 2. The number of nitrogens with zero attached hydrogens (tertiary/aromatic N) is 1. The molecule has 1 aromatic carbocycles. The molecule has 1 heterocycles. The quantitative estimate of drug-likeness (QED) is 0.767. The van der Waals surface area contributed by atoms with E-state index in [0.717, 1.165) is 12.8 Å². The molecule has 0 N–H and O–H groups in total. The molecular formula is C17H22ClNO3. The first-order chi connectivity index (χ1) is 10.3. The summed E-state index contributed by atoms with van der Waals surface area (Å²) in [6.45, 7) is 6.55. The number of ether oxygens (including phenoxy) is 1. The standard InChI is InChI=1S/C17H22ClNO3/c1-17(2,3)22-16(21)19-9-5-7-13(11-19)15(20)12-6-4-8-14(18)10-12/h4,6,8,10,13H,5,7,9,11H2,1-3H3.